The number of amides is 1. The van der Waals surface area contributed by atoms with Gasteiger partial charge in [-0.15, -0.1) is 0 Å². The molecule has 1 atom stereocenters. The average molecular weight is 419 g/mol. The van der Waals surface area contributed by atoms with Crippen LogP contribution in [0.15, 0.2) is 23.1 Å². The van der Waals surface area contributed by atoms with Crippen molar-refractivity contribution in [2.45, 2.75) is 83.2 Å². The number of hydrogen-bond acceptors (Lipinski definition) is 3. The molecule has 29 heavy (non-hydrogen) atoms. The fourth-order valence-electron chi connectivity index (χ4n) is 6.53. The number of nitrogens with one attached hydrogen (secondary N) is 2. The topological polar surface area (TPSA) is 75.3 Å². The maximum absolute atomic E-state index is 13.1. The van der Waals surface area contributed by atoms with Crippen LogP contribution in [0.3, 0.4) is 0 Å². The standard InChI is InChI=1S/C23H34N2O3S/c1-14(2)25-29(27,28)20-6-5-15(3)21(10-20)22(26)24-16(4)23-11-17-7-18(12-23)9-19(8-17)13-23/h5-6,10,14,16-19,25H,7-9,11-13H2,1-4H3,(H,24,26)/t16-,17?,18?,19?,23?/m1/s1. The summed E-state index contributed by atoms with van der Waals surface area (Å²) in [5.41, 5.74) is 1.47. The van der Waals surface area contributed by atoms with E-state index in [0.29, 0.717) is 5.56 Å². The molecule has 5 rings (SSSR count). The predicted octanol–water partition coefficient (Wildman–Crippen LogP) is 4.02. The molecule has 1 aromatic rings. The highest BCUT2D eigenvalue weighted by Crippen LogP contribution is 2.61. The third-order valence-corrected chi connectivity index (χ3v) is 9.16. The van der Waals surface area contributed by atoms with E-state index in [0.717, 1.165) is 23.3 Å². The molecule has 4 fully saturated rings. The lowest BCUT2D eigenvalue weighted by Gasteiger charge is -2.59. The van der Waals surface area contributed by atoms with Crippen LogP contribution in [-0.4, -0.2) is 26.4 Å². The normalized spacial score (nSPS) is 31.8. The minimum Gasteiger partial charge on any atom is -0.349 e. The van der Waals surface area contributed by atoms with Crippen LogP contribution in [-0.2, 0) is 10.0 Å². The van der Waals surface area contributed by atoms with E-state index in [4.69, 9.17) is 0 Å². The van der Waals surface area contributed by atoms with Gasteiger partial charge in [-0.25, -0.2) is 13.1 Å². The van der Waals surface area contributed by atoms with E-state index in [-0.39, 0.29) is 28.3 Å². The number of sulfonamides is 1. The zero-order valence-corrected chi connectivity index (χ0v) is 18.8. The smallest absolute Gasteiger partial charge is 0.251 e. The molecule has 6 heteroatoms. The van der Waals surface area contributed by atoms with Crippen LogP contribution in [0, 0.1) is 30.1 Å². The summed E-state index contributed by atoms with van der Waals surface area (Å²) in [6, 6.07) is 4.71. The van der Waals surface area contributed by atoms with Gasteiger partial charge in [-0.05, 0) is 107 Å². The van der Waals surface area contributed by atoms with Crippen LogP contribution in [0.2, 0.25) is 0 Å². The second-order valence-electron chi connectivity index (χ2n) is 10.2. The lowest BCUT2D eigenvalue weighted by Crippen LogP contribution is -2.55. The summed E-state index contributed by atoms with van der Waals surface area (Å²) in [7, 11) is -3.63. The van der Waals surface area contributed by atoms with Gasteiger partial charge in [-0.2, -0.15) is 0 Å². The Morgan fingerprint density at radius 1 is 1.03 bits per heavy atom. The highest BCUT2D eigenvalue weighted by molar-refractivity contribution is 7.89. The minimum atomic E-state index is -3.63. The maximum atomic E-state index is 13.1. The van der Waals surface area contributed by atoms with Gasteiger partial charge in [-0.3, -0.25) is 4.79 Å². The SMILES string of the molecule is Cc1ccc(S(=O)(=O)NC(C)C)cc1C(=O)N[C@H](C)C12CC3CC(CC(C3)C1)C2. The van der Waals surface area contributed by atoms with E-state index in [1.807, 2.05) is 6.92 Å². The molecule has 4 aliphatic carbocycles. The van der Waals surface area contributed by atoms with Crippen LogP contribution in [0.4, 0.5) is 0 Å². The summed E-state index contributed by atoms with van der Waals surface area (Å²) >= 11 is 0. The number of aryl methyl sites for hydroxylation is 1. The molecule has 0 aromatic heterocycles. The van der Waals surface area contributed by atoms with Crippen molar-refractivity contribution in [1.82, 2.24) is 10.0 Å². The van der Waals surface area contributed by atoms with Crippen molar-refractivity contribution >= 4 is 15.9 Å². The van der Waals surface area contributed by atoms with Crippen LogP contribution < -0.4 is 10.0 Å². The Hall–Kier alpha value is -1.40. The predicted molar refractivity (Wildman–Crippen MR) is 114 cm³/mol. The first-order chi connectivity index (χ1) is 13.6. The molecule has 5 nitrogen and oxygen atoms in total. The number of benzene rings is 1. The Bertz CT molecular complexity index is 871. The zero-order valence-electron chi connectivity index (χ0n) is 18.0. The number of carbonyl (C=O) groups excluding carboxylic acids is 1. The van der Waals surface area contributed by atoms with Crippen LogP contribution in [0.5, 0.6) is 0 Å². The largest absolute Gasteiger partial charge is 0.349 e. The summed E-state index contributed by atoms with van der Waals surface area (Å²) in [6.07, 6.45) is 7.82. The van der Waals surface area contributed by atoms with Crippen molar-refractivity contribution < 1.29 is 13.2 Å². The molecule has 0 unspecified atom stereocenters. The first-order valence-electron chi connectivity index (χ1n) is 11.0. The molecule has 0 radical (unpaired) electrons. The molecule has 1 amide bonds. The van der Waals surface area contributed by atoms with Crippen LogP contribution >= 0.6 is 0 Å². The van der Waals surface area contributed by atoms with Gasteiger partial charge in [0, 0.05) is 17.6 Å². The summed E-state index contributed by atoms with van der Waals surface area (Å²) in [4.78, 5) is 13.3. The fourth-order valence-corrected chi connectivity index (χ4v) is 7.80. The Morgan fingerprint density at radius 3 is 2.10 bits per heavy atom. The Labute approximate surface area is 175 Å². The molecular weight excluding hydrogens is 384 g/mol. The fraction of sp³-hybridized carbons (Fsp3) is 0.696. The molecule has 4 saturated carbocycles. The molecule has 2 N–H and O–H groups in total. The molecular formula is C23H34N2O3S. The Kier molecular flexibility index (Phi) is 5.31. The van der Waals surface area contributed by atoms with Gasteiger partial charge in [0.1, 0.15) is 0 Å². The molecule has 0 spiro atoms. The highest BCUT2D eigenvalue weighted by atomic mass is 32.2. The van der Waals surface area contributed by atoms with Crippen LogP contribution in [0.25, 0.3) is 0 Å². The molecule has 4 bridgehead atoms. The van der Waals surface area contributed by atoms with Crippen LogP contribution in [0.1, 0.15) is 75.2 Å². The van der Waals surface area contributed by atoms with Crippen molar-refractivity contribution in [1.29, 1.82) is 0 Å². The number of rotatable bonds is 6. The molecule has 4 aliphatic rings. The quantitative estimate of drug-likeness (QED) is 0.733. The Balaban J connectivity index is 1.53. The zero-order chi connectivity index (χ0) is 21.0. The highest BCUT2D eigenvalue weighted by Gasteiger charge is 2.53. The van der Waals surface area contributed by atoms with Crippen molar-refractivity contribution in [3.63, 3.8) is 0 Å². The van der Waals surface area contributed by atoms with Gasteiger partial charge in [0.15, 0.2) is 0 Å². The van der Waals surface area contributed by atoms with E-state index in [1.54, 1.807) is 26.0 Å². The van der Waals surface area contributed by atoms with Gasteiger partial charge >= 0.3 is 0 Å². The summed E-state index contributed by atoms with van der Waals surface area (Å²) in [6.45, 7) is 7.58. The second kappa shape index (κ2) is 7.38. The lowest BCUT2D eigenvalue weighted by atomic mass is 9.48. The van der Waals surface area contributed by atoms with Gasteiger partial charge in [0.2, 0.25) is 10.0 Å². The summed E-state index contributed by atoms with van der Waals surface area (Å²) in [5, 5.41) is 3.26. The molecule has 0 aliphatic heterocycles. The molecule has 1 aromatic carbocycles. The van der Waals surface area contributed by atoms with Crippen molar-refractivity contribution in [2.24, 2.45) is 23.2 Å². The monoisotopic (exact) mass is 418 g/mol. The van der Waals surface area contributed by atoms with Crippen molar-refractivity contribution in [3.8, 4) is 0 Å². The summed E-state index contributed by atoms with van der Waals surface area (Å²) < 4.78 is 27.7. The summed E-state index contributed by atoms with van der Waals surface area (Å²) in [5.74, 6) is 2.33. The van der Waals surface area contributed by atoms with E-state index in [9.17, 15) is 13.2 Å². The maximum Gasteiger partial charge on any atom is 0.251 e. The average Bonchev–Trinajstić information content (AvgIpc) is 2.59. The first-order valence-corrected chi connectivity index (χ1v) is 12.5. The van der Waals surface area contributed by atoms with E-state index in [2.05, 4.69) is 17.0 Å². The lowest BCUT2D eigenvalue weighted by molar-refractivity contribution is -0.0688. The van der Waals surface area contributed by atoms with Crippen molar-refractivity contribution in [3.05, 3.63) is 29.3 Å². The third-order valence-electron chi connectivity index (χ3n) is 7.51. The van der Waals surface area contributed by atoms with Gasteiger partial charge in [-0.1, -0.05) is 6.07 Å². The van der Waals surface area contributed by atoms with E-state index in [1.165, 1.54) is 44.6 Å². The van der Waals surface area contributed by atoms with E-state index >= 15 is 0 Å². The van der Waals surface area contributed by atoms with Gasteiger partial charge in [0.25, 0.3) is 5.91 Å². The van der Waals surface area contributed by atoms with Gasteiger partial charge in [0.05, 0.1) is 4.90 Å². The Morgan fingerprint density at radius 2 is 1.59 bits per heavy atom. The van der Waals surface area contributed by atoms with E-state index < -0.39 is 10.0 Å². The first kappa shape index (κ1) is 20.9. The molecule has 0 heterocycles. The second-order valence-corrected chi connectivity index (χ2v) is 11.9. The molecule has 160 valence electrons. The minimum absolute atomic E-state index is 0.108. The van der Waals surface area contributed by atoms with Gasteiger partial charge < -0.3 is 5.32 Å². The number of carbonyl (C=O) groups is 1. The number of hydrogen-bond donors (Lipinski definition) is 2. The third kappa shape index (κ3) is 3.98. The molecule has 0 saturated heterocycles. The van der Waals surface area contributed by atoms with Crippen molar-refractivity contribution in [2.75, 3.05) is 0 Å².